The highest BCUT2D eigenvalue weighted by Gasteiger charge is 2.23. The average Bonchev–Trinajstić information content (AvgIpc) is 3.35. The van der Waals surface area contributed by atoms with E-state index in [2.05, 4.69) is 20.6 Å². The molecule has 8 heteroatoms. The van der Waals surface area contributed by atoms with Gasteiger partial charge in [0.05, 0.1) is 22.3 Å². The number of fused-ring (bicyclic) bond motifs is 1. The molecule has 1 aromatic carbocycles. The van der Waals surface area contributed by atoms with Crippen LogP contribution in [0.25, 0.3) is 10.2 Å². The standard InChI is InChI=1S/C19H20N4O2S2/c1-11-5-4-8-14-16(11)22-19(27-14)21-15(24)9-13-10-26-18(20-13)23-17(25)12-6-2-3-7-12/h4-5,8,10,12H,2-3,6-7,9H2,1H3,(H,20,23,25)(H,21,22,24). The van der Waals surface area contributed by atoms with Crippen molar-refractivity contribution in [3.05, 3.63) is 34.8 Å². The Balaban J connectivity index is 1.36. The highest BCUT2D eigenvalue weighted by Crippen LogP contribution is 2.28. The molecule has 0 aliphatic heterocycles. The van der Waals surface area contributed by atoms with Crippen LogP contribution < -0.4 is 10.6 Å². The molecule has 140 valence electrons. The maximum Gasteiger partial charge on any atom is 0.232 e. The summed E-state index contributed by atoms with van der Waals surface area (Å²) in [5.74, 6) is -0.0171. The van der Waals surface area contributed by atoms with Crippen LogP contribution in [0.15, 0.2) is 23.6 Å². The third-order valence-electron chi connectivity index (χ3n) is 4.72. The first-order valence-corrected chi connectivity index (χ1v) is 10.7. The summed E-state index contributed by atoms with van der Waals surface area (Å²) in [5.41, 5.74) is 2.66. The third kappa shape index (κ3) is 4.17. The van der Waals surface area contributed by atoms with E-state index in [1.165, 1.54) is 22.7 Å². The summed E-state index contributed by atoms with van der Waals surface area (Å²) in [5, 5.41) is 8.69. The van der Waals surface area contributed by atoms with E-state index in [-0.39, 0.29) is 24.2 Å². The molecule has 1 fully saturated rings. The molecular formula is C19H20N4O2S2. The molecule has 2 amide bonds. The van der Waals surface area contributed by atoms with Crippen molar-refractivity contribution in [2.24, 2.45) is 5.92 Å². The van der Waals surface area contributed by atoms with E-state index in [0.29, 0.717) is 16.0 Å². The highest BCUT2D eigenvalue weighted by molar-refractivity contribution is 7.22. The molecule has 0 radical (unpaired) electrons. The molecule has 0 atom stereocenters. The zero-order valence-corrected chi connectivity index (χ0v) is 16.6. The number of thiazole rings is 2. The van der Waals surface area contributed by atoms with Crippen molar-refractivity contribution in [2.45, 2.75) is 39.0 Å². The molecule has 2 heterocycles. The van der Waals surface area contributed by atoms with Crippen LogP contribution in [0.5, 0.6) is 0 Å². The first-order valence-electron chi connectivity index (χ1n) is 9.00. The van der Waals surface area contributed by atoms with Crippen molar-refractivity contribution >= 4 is 55.0 Å². The first-order chi connectivity index (χ1) is 13.1. The fourth-order valence-corrected chi connectivity index (χ4v) is 4.98. The lowest BCUT2D eigenvalue weighted by atomic mass is 10.1. The molecule has 0 unspecified atom stereocenters. The second-order valence-electron chi connectivity index (χ2n) is 6.78. The number of aromatic nitrogens is 2. The number of anilines is 2. The van der Waals surface area contributed by atoms with Crippen molar-refractivity contribution in [1.82, 2.24) is 9.97 Å². The van der Waals surface area contributed by atoms with E-state index in [1.54, 1.807) is 0 Å². The fourth-order valence-electron chi connectivity index (χ4n) is 3.31. The Hall–Kier alpha value is -2.32. The number of carbonyl (C=O) groups is 2. The number of para-hydroxylation sites is 1. The number of aryl methyl sites for hydroxylation is 1. The Morgan fingerprint density at radius 3 is 2.74 bits per heavy atom. The summed E-state index contributed by atoms with van der Waals surface area (Å²) < 4.78 is 1.05. The summed E-state index contributed by atoms with van der Waals surface area (Å²) in [6, 6.07) is 5.98. The number of carbonyl (C=O) groups excluding carboxylic acids is 2. The smallest absolute Gasteiger partial charge is 0.232 e. The number of hydrogen-bond acceptors (Lipinski definition) is 6. The Labute approximate surface area is 165 Å². The van der Waals surface area contributed by atoms with Gasteiger partial charge in [-0.1, -0.05) is 36.3 Å². The van der Waals surface area contributed by atoms with Gasteiger partial charge in [0.25, 0.3) is 0 Å². The summed E-state index contributed by atoms with van der Waals surface area (Å²) in [7, 11) is 0. The van der Waals surface area contributed by atoms with E-state index in [1.807, 2.05) is 30.5 Å². The number of benzene rings is 1. The van der Waals surface area contributed by atoms with Crippen LogP contribution in [0, 0.1) is 12.8 Å². The van der Waals surface area contributed by atoms with Gasteiger partial charge in [-0.2, -0.15) is 0 Å². The van der Waals surface area contributed by atoms with Crippen LogP contribution in [0.2, 0.25) is 0 Å². The molecule has 3 aromatic rings. The molecule has 1 aliphatic rings. The average molecular weight is 401 g/mol. The zero-order chi connectivity index (χ0) is 18.8. The molecule has 27 heavy (non-hydrogen) atoms. The van der Waals surface area contributed by atoms with Crippen molar-refractivity contribution in [2.75, 3.05) is 10.6 Å². The normalized spacial score (nSPS) is 14.6. The second kappa shape index (κ2) is 7.74. The van der Waals surface area contributed by atoms with Gasteiger partial charge in [0.2, 0.25) is 11.8 Å². The van der Waals surface area contributed by atoms with E-state index in [9.17, 15) is 9.59 Å². The highest BCUT2D eigenvalue weighted by atomic mass is 32.1. The van der Waals surface area contributed by atoms with Gasteiger partial charge in [0.1, 0.15) is 0 Å². The molecule has 0 saturated heterocycles. The largest absolute Gasteiger partial charge is 0.302 e. The number of nitrogens with one attached hydrogen (secondary N) is 2. The summed E-state index contributed by atoms with van der Waals surface area (Å²) in [4.78, 5) is 33.3. The lowest BCUT2D eigenvalue weighted by molar-refractivity contribution is -0.119. The van der Waals surface area contributed by atoms with Crippen molar-refractivity contribution < 1.29 is 9.59 Å². The molecule has 1 saturated carbocycles. The van der Waals surface area contributed by atoms with Gasteiger partial charge in [-0.15, -0.1) is 11.3 Å². The van der Waals surface area contributed by atoms with Gasteiger partial charge in [0.15, 0.2) is 10.3 Å². The molecule has 2 aromatic heterocycles. The van der Waals surface area contributed by atoms with Gasteiger partial charge in [0, 0.05) is 11.3 Å². The molecule has 2 N–H and O–H groups in total. The number of amides is 2. The summed E-state index contributed by atoms with van der Waals surface area (Å²) in [6.45, 7) is 2.00. The molecule has 0 spiro atoms. The molecule has 1 aliphatic carbocycles. The van der Waals surface area contributed by atoms with Crippen molar-refractivity contribution in [3.8, 4) is 0 Å². The molecule has 4 rings (SSSR count). The predicted octanol–water partition coefficient (Wildman–Crippen LogP) is 4.37. The number of hydrogen-bond donors (Lipinski definition) is 2. The minimum Gasteiger partial charge on any atom is -0.302 e. The number of nitrogens with zero attached hydrogens (tertiary/aromatic N) is 2. The van der Waals surface area contributed by atoms with Gasteiger partial charge in [-0.3, -0.25) is 9.59 Å². The van der Waals surface area contributed by atoms with Gasteiger partial charge >= 0.3 is 0 Å². The second-order valence-corrected chi connectivity index (χ2v) is 8.67. The lowest BCUT2D eigenvalue weighted by Gasteiger charge is -2.07. The Morgan fingerprint density at radius 1 is 1.15 bits per heavy atom. The van der Waals surface area contributed by atoms with Crippen LogP contribution in [-0.2, 0) is 16.0 Å². The predicted molar refractivity (Wildman–Crippen MR) is 109 cm³/mol. The maximum absolute atomic E-state index is 12.3. The van der Waals surface area contributed by atoms with Crippen LogP contribution in [0.4, 0.5) is 10.3 Å². The van der Waals surface area contributed by atoms with Gasteiger partial charge in [-0.25, -0.2) is 9.97 Å². The van der Waals surface area contributed by atoms with Gasteiger partial charge < -0.3 is 10.6 Å². The lowest BCUT2D eigenvalue weighted by Crippen LogP contribution is -2.20. The van der Waals surface area contributed by atoms with E-state index in [0.717, 1.165) is 41.5 Å². The monoisotopic (exact) mass is 400 g/mol. The number of rotatable bonds is 5. The molecular weight excluding hydrogens is 380 g/mol. The Kier molecular flexibility index (Phi) is 5.18. The summed E-state index contributed by atoms with van der Waals surface area (Å²) in [6.07, 6.45) is 4.30. The first kappa shape index (κ1) is 18.1. The third-order valence-corrected chi connectivity index (χ3v) is 6.46. The Morgan fingerprint density at radius 2 is 1.96 bits per heavy atom. The summed E-state index contributed by atoms with van der Waals surface area (Å²) >= 11 is 2.81. The van der Waals surface area contributed by atoms with Crippen LogP contribution in [-0.4, -0.2) is 21.8 Å². The Bertz CT molecular complexity index is 989. The SMILES string of the molecule is Cc1cccc2sc(NC(=O)Cc3csc(NC(=O)C4CCCC4)n3)nc12. The fraction of sp³-hybridized carbons (Fsp3) is 0.368. The zero-order valence-electron chi connectivity index (χ0n) is 14.9. The van der Waals surface area contributed by atoms with Crippen LogP contribution in [0.1, 0.15) is 36.9 Å². The van der Waals surface area contributed by atoms with Crippen molar-refractivity contribution in [3.63, 3.8) is 0 Å². The van der Waals surface area contributed by atoms with E-state index >= 15 is 0 Å². The minimum atomic E-state index is -0.161. The maximum atomic E-state index is 12.3. The van der Waals surface area contributed by atoms with Crippen LogP contribution in [0.3, 0.4) is 0 Å². The van der Waals surface area contributed by atoms with E-state index < -0.39 is 0 Å². The van der Waals surface area contributed by atoms with Gasteiger partial charge in [-0.05, 0) is 31.4 Å². The molecule has 0 bridgehead atoms. The van der Waals surface area contributed by atoms with Crippen molar-refractivity contribution in [1.29, 1.82) is 0 Å². The van der Waals surface area contributed by atoms with E-state index in [4.69, 9.17) is 0 Å². The minimum absolute atomic E-state index is 0.0442. The molecule has 6 nitrogen and oxygen atoms in total. The topological polar surface area (TPSA) is 84.0 Å². The van der Waals surface area contributed by atoms with Crippen LogP contribution >= 0.6 is 22.7 Å². The quantitative estimate of drug-likeness (QED) is 0.666.